The van der Waals surface area contributed by atoms with Crippen LogP contribution in [0, 0.1) is 6.92 Å². The summed E-state index contributed by atoms with van der Waals surface area (Å²) in [6.45, 7) is 7.06. The molecule has 0 radical (unpaired) electrons. The number of rotatable bonds is 10. The number of benzene rings is 2. The van der Waals surface area contributed by atoms with Crippen LogP contribution in [0.1, 0.15) is 29.5 Å². The lowest BCUT2D eigenvalue weighted by Gasteiger charge is -2.26. The van der Waals surface area contributed by atoms with Gasteiger partial charge in [0.2, 0.25) is 15.9 Å². The van der Waals surface area contributed by atoms with Gasteiger partial charge >= 0.3 is 0 Å². The third-order valence-electron chi connectivity index (χ3n) is 5.48. The number of carbonyl (C=O) groups excluding carboxylic acids is 1. The maximum atomic E-state index is 12.3. The summed E-state index contributed by atoms with van der Waals surface area (Å²) < 4.78 is 31.1. The number of nitrogens with zero attached hydrogens (tertiary/aromatic N) is 2. The predicted molar refractivity (Wildman–Crippen MR) is 127 cm³/mol. The van der Waals surface area contributed by atoms with E-state index in [9.17, 15) is 13.2 Å². The molecule has 7 nitrogen and oxygen atoms in total. The number of amides is 1. The normalized spacial score (nSPS) is 14.8. The molecule has 2 aromatic rings. The Morgan fingerprint density at radius 3 is 2.44 bits per heavy atom. The second-order valence-corrected chi connectivity index (χ2v) is 10.2. The van der Waals surface area contributed by atoms with Crippen molar-refractivity contribution >= 4 is 21.6 Å². The minimum absolute atomic E-state index is 0.0833. The molecule has 0 aromatic heterocycles. The average Bonchev–Trinajstić information content (AvgIpc) is 2.76. The van der Waals surface area contributed by atoms with Gasteiger partial charge in [-0.1, -0.05) is 36.4 Å². The van der Waals surface area contributed by atoms with Crippen LogP contribution in [-0.4, -0.2) is 58.3 Å². The van der Waals surface area contributed by atoms with Crippen molar-refractivity contribution < 1.29 is 17.9 Å². The molecule has 1 saturated heterocycles. The highest BCUT2D eigenvalue weighted by Gasteiger charge is 2.17. The third-order valence-corrected chi connectivity index (χ3v) is 6.67. The van der Waals surface area contributed by atoms with E-state index in [0.717, 1.165) is 44.0 Å². The lowest BCUT2D eigenvalue weighted by atomic mass is 10.1. The molecule has 174 valence electrons. The molecule has 0 aliphatic carbocycles. The van der Waals surface area contributed by atoms with Gasteiger partial charge in [-0.2, -0.15) is 0 Å². The molecule has 0 bridgehead atoms. The van der Waals surface area contributed by atoms with Crippen LogP contribution in [-0.2, 0) is 32.6 Å². The molecule has 1 heterocycles. The second-order valence-electron chi connectivity index (χ2n) is 8.26. The van der Waals surface area contributed by atoms with Crippen molar-refractivity contribution in [1.29, 1.82) is 0 Å². The van der Waals surface area contributed by atoms with E-state index < -0.39 is 10.0 Å². The van der Waals surface area contributed by atoms with Crippen molar-refractivity contribution in [3.8, 4) is 0 Å². The molecule has 1 fully saturated rings. The van der Waals surface area contributed by atoms with E-state index >= 15 is 0 Å². The lowest BCUT2D eigenvalue weighted by molar-refractivity contribution is -0.121. The molecule has 3 rings (SSSR count). The highest BCUT2D eigenvalue weighted by Crippen LogP contribution is 2.19. The Kier molecular flexibility index (Phi) is 8.67. The first-order valence-corrected chi connectivity index (χ1v) is 12.8. The molecule has 1 N–H and O–H groups in total. The van der Waals surface area contributed by atoms with Gasteiger partial charge in [-0.3, -0.25) is 14.0 Å². The fourth-order valence-corrected chi connectivity index (χ4v) is 4.68. The van der Waals surface area contributed by atoms with Crippen LogP contribution in [0.5, 0.6) is 0 Å². The van der Waals surface area contributed by atoms with Crippen LogP contribution in [0.3, 0.4) is 0 Å². The predicted octanol–water partition coefficient (Wildman–Crippen LogP) is 2.69. The zero-order valence-corrected chi connectivity index (χ0v) is 19.7. The standard InChI is InChI=1S/C24H33N3O4S/c1-20-5-3-6-23(17-20)27(32(2,29)30)12-4-7-24(28)25-18-21-8-10-22(11-9-21)19-26-13-15-31-16-14-26/h3,5-6,8-11,17H,4,7,12-16,18-19H2,1-2H3,(H,25,28). The Bertz CT molecular complexity index is 987. The van der Waals surface area contributed by atoms with Crippen molar-refractivity contribution in [3.05, 3.63) is 65.2 Å². The van der Waals surface area contributed by atoms with E-state index in [1.807, 2.05) is 37.3 Å². The number of nitrogens with one attached hydrogen (secondary N) is 1. The van der Waals surface area contributed by atoms with Crippen LogP contribution in [0.15, 0.2) is 48.5 Å². The summed E-state index contributed by atoms with van der Waals surface area (Å²) in [5.41, 5.74) is 3.91. The summed E-state index contributed by atoms with van der Waals surface area (Å²) >= 11 is 0. The molecule has 0 atom stereocenters. The van der Waals surface area contributed by atoms with Crippen LogP contribution in [0.25, 0.3) is 0 Å². The van der Waals surface area contributed by atoms with Crippen molar-refractivity contribution in [2.75, 3.05) is 43.4 Å². The number of sulfonamides is 1. The highest BCUT2D eigenvalue weighted by atomic mass is 32.2. The highest BCUT2D eigenvalue weighted by molar-refractivity contribution is 7.92. The Morgan fingerprint density at radius 1 is 1.09 bits per heavy atom. The smallest absolute Gasteiger partial charge is 0.232 e. The number of morpholine rings is 1. The number of carbonyl (C=O) groups is 1. The zero-order chi connectivity index (χ0) is 23.0. The molecule has 32 heavy (non-hydrogen) atoms. The Morgan fingerprint density at radius 2 is 1.78 bits per heavy atom. The van der Waals surface area contributed by atoms with Crippen molar-refractivity contribution in [3.63, 3.8) is 0 Å². The summed E-state index contributed by atoms with van der Waals surface area (Å²) in [5, 5.41) is 2.93. The van der Waals surface area contributed by atoms with Crippen LogP contribution in [0.4, 0.5) is 5.69 Å². The first-order valence-electron chi connectivity index (χ1n) is 11.0. The Hall–Kier alpha value is -2.42. The monoisotopic (exact) mass is 459 g/mol. The topological polar surface area (TPSA) is 79.0 Å². The largest absolute Gasteiger partial charge is 0.379 e. The maximum Gasteiger partial charge on any atom is 0.232 e. The molecule has 0 spiro atoms. The molecule has 1 amide bonds. The summed E-state index contributed by atoms with van der Waals surface area (Å²) in [7, 11) is -3.41. The van der Waals surface area contributed by atoms with E-state index in [-0.39, 0.29) is 18.9 Å². The second kappa shape index (κ2) is 11.4. The maximum absolute atomic E-state index is 12.3. The molecule has 8 heteroatoms. The Balaban J connectivity index is 1.43. The molecule has 2 aromatic carbocycles. The van der Waals surface area contributed by atoms with Gasteiger partial charge in [-0.25, -0.2) is 8.42 Å². The molecule has 0 unspecified atom stereocenters. The van der Waals surface area contributed by atoms with Crippen LogP contribution >= 0.6 is 0 Å². The van der Waals surface area contributed by atoms with Crippen molar-refractivity contribution in [2.45, 2.75) is 32.9 Å². The van der Waals surface area contributed by atoms with Gasteiger partial charge in [0, 0.05) is 39.1 Å². The number of ether oxygens (including phenoxy) is 1. The van der Waals surface area contributed by atoms with E-state index in [1.54, 1.807) is 6.07 Å². The fourth-order valence-electron chi connectivity index (χ4n) is 3.72. The first kappa shape index (κ1) is 24.2. The quantitative estimate of drug-likeness (QED) is 0.591. The van der Waals surface area contributed by atoms with Gasteiger partial charge in [0.25, 0.3) is 0 Å². The van der Waals surface area contributed by atoms with Gasteiger partial charge in [-0.05, 0) is 42.2 Å². The minimum Gasteiger partial charge on any atom is -0.379 e. The average molecular weight is 460 g/mol. The number of anilines is 1. The number of aryl methyl sites for hydroxylation is 1. The molecular formula is C24H33N3O4S. The summed E-state index contributed by atoms with van der Waals surface area (Å²) in [5.74, 6) is -0.0833. The van der Waals surface area contributed by atoms with E-state index in [1.165, 1.54) is 16.1 Å². The third kappa shape index (κ3) is 7.62. The van der Waals surface area contributed by atoms with Crippen molar-refractivity contribution in [2.24, 2.45) is 0 Å². The van der Waals surface area contributed by atoms with Crippen molar-refractivity contribution in [1.82, 2.24) is 10.2 Å². The van der Waals surface area contributed by atoms with E-state index in [2.05, 4.69) is 22.3 Å². The molecular weight excluding hydrogens is 426 g/mol. The summed E-state index contributed by atoms with van der Waals surface area (Å²) in [6.07, 6.45) is 1.91. The van der Waals surface area contributed by atoms with Gasteiger partial charge in [0.15, 0.2) is 0 Å². The molecule has 0 saturated carbocycles. The first-order chi connectivity index (χ1) is 15.3. The zero-order valence-electron chi connectivity index (χ0n) is 18.9. The molecule has 1 aliphatic rings. The van der Waals surface area contributed by atoms with E-state index in [0.29, 0.717) is 18.7 Å². The summed E-state index contributed by atoms with van der Waals surface area (Å²) in [6, 6.07) is 15.7. The minimum atomic E-state index is -3.41. The SMILES string of the molecule is Cc1cccc(N(CCCC(=O)NCc2ccc(CN3CCOCC3)cc2)S(C)(=O)=O)c1. The summed E-state index contributed by atoms with van der Waals surface area (Å²) in [4.78, 5) is 14.6. The van der Waals surface area contributed by atoms with Gasteiger partial charge in [0.1, 0.15) is 0 Å². The van der Waals surface area contributed by atoms with Gasteiger partial charge in [0.05, 0.1) is 25.2 Å². The molecule has 1 aliphatic heterocycles. The van der Waals surface area contributed by atoms with Crippen LogP contribution in [0.2, 0.25) is 0 Å². The Labute approximate surface area is 191 Å². The van der Waals surface area contributed by atoms with Gasteiger partial charge < -0.3 is 10.1 Å². The lowest BCUT2D eigenvalue weighted by Crippen LogP contribution is -2.35. The fraction of sp³-hybridized carbons (Fsp3) is 0.458. The van der Waals surface area contributed by atoms with E-state index in [4.69, 9.17) is 4.74 Å². The number of hydrogen-bond donors (Lipinski definition) is 1. The van der Waals surface area contributed by atoms with Crippen LogP contribution < -0.4 is 9.62 Å². The van der Waals surface area contributed by atoms with Gasteiger partial charge in [-0.15, -0.1) is 0 Å². The number of hydrogen-bond acceptors (Lipinski definition) is 5.